The molecular formula is C13H28N2. The summed E-state index contributed by atoms with van der Waals surface area (Å²) in [7, 11) is 0. The molecule has 0 aliphatic carbocycles. The minimum absolute atomic E-state index is 0.322. The molecule has 0 radical (unpaired) electrons. The third-order valence-corrected chi connectivity index (χ3v) is 4.46. The van der Waals surface area contributed by atoms with Crippen molar-refractivity contribution in [1.82, 2.24) is 4.90 Å². The molecule has 15 heavy (non-hydrogen) atoms. The SMILES string of the molecule is CCC1(CC)CCN(CC(C)C(C)N)C1. The number of hydrogen-bond donors (Lipinski definition) is 1. The number of nitrogens with zero attached hydrogens (tertiary/aromatic N) is 1. The van der Waals surface area contributed by atoms with Crippen LogP contribution in [0.4, 0.5) is 0 Å². The topological polar surface area (TPSA) is 29.3 Å². The Morgan fingerprint density at radius 2 is 1.87 bits per heavy atom. The minimum Gasteiger partial charge on any atom is -0.328 e. The van der Waals surface area contributed by atoms with E-state index in [1.807, 2.05) is 0 Å². The fraction of sp³-hybridized carbons (Fsp3) is 1.00. The van der Waals surface area contributed by atoms with Crippen molar-refractivity contribution in [3.63, 3.8) is 0 Å². The van der Waals surface area contributed by atoms with E-state index in [1.54, 1.807) is 0 Å². The first-order valence-electron chi connectivity index (χ1n) is 6.51. The monoisotopic (exact) mass is 212 g/mol. The van der Waals surface area contributed by atoms with Crippen LogP contribution in [0.15, 0.2) is 0 Å². The highest BCUT2D eigenvalue weighted by atomic mass is 15.2. The van der Waals surface area contributed by atoms with Crippen molar-refractivity contribution < 1.29 is 0 Å². The molecule has 0 aromatic carbocycles. The van der Waals surface area contributed by atoms with Gasteiger partial charge in [-0.25, -0.2) is 0 Å². The van der Waals surface area contributed by atoms with E-state index in [4.69, 9.17) is 5.73 Å². The van der Waals surface area contributed by atoms with E-state index >= 15 is 0 Å². The van der Waals surface area contributed by atoms with Gasteiger partial charge in [-0.2, -0.15) is 0 Å². The maximum absolute atomic E-state index is 5.92. The summed E-state index contributed by atoms with van der Waals surface area (Å²) in [6.07, 6.45) is 4.03. The minimum atomic E-state index is 0.322. The van der Waals surface area contributed by atoms with Crippen LogP contribution in [-0.4, -0.2) is 30.6 Å². The van der Waals surface area contributed by atoms with Gasteiger partial charge in [0.1, 0.15) is 0 Å². The van der Waals surface area contributed by atoms with Gasteiger partial charge in [-0.05, 0) is 44.1 Å². The lowest BCUT2D eigenvalue weighted by Crippen LogP contribution is -2.36. The summed E-state index contributed by atoms with van der Waals surface area (Å²) >= 11 is 0. The summed E-state index contributed by atoms with van der Waals surface area (Å²) in [4.78, 5) is 2.61. The highest BCUT2D eigenvalue weighted by molar-refractivity contribution is 4.88. The highest BCUT2D eigenvalue weighted by Gasteiger charge is 2.35. The van der Waals surface area contributed by atoms with Gasteiger partial charge in [0.05, 0.1) is 0 Å². The van der Waals surface area contributed by atoms with Crippen molar-refractivity contribution in [2.24, 2.45) is 17.1 Å². The van der Waals surface area contributed by atoms with E-state index in [0.717, 1.165) is 0 Å². The molecular weight excluding hydrogens is 184 g/mol. The van der Waals surface area contributed by atoms with E-state index in [2.05, 4.69) is 32.6 Å². The number of likely N-dealkylation sites (tertiary alicyclic amines) is 1. The Kier molecular flexibility index (Phi) is 4.60. The molecule has 1 rings (SSSR count). The zero-order valence-corrected chi connectivity index (χ0v) is 10.9. The van der Waals surface area contributed by atoms with Crippen molar-refractivity contribution >= 4 is 0 Å². The van der Waals surface area contributed by atoms with E-state index < -0.39 is 0 Å². The molecule has 1 saturated heterocycles. The largest absolute Gasteiger partial charge is 0.328 e. The molecule has 2 unspecified atom stereocenters. The predicted molar refractivity (Wildman–Crippen MR) is 66.9 cm³/mol. The zero-order valence-electron chi connectivity index (χ0n) is 10.9. The number of rotatable bonds is 5. The zero-order chi connectivity index (χ0) is 11.5. The Hall–Kier alpha value is -0.0800. The molecule has 1 aliphatic heterocycles. The Balaban J connectivity index is 2.42. The number of hydrogen-bond acceptors (Lipinski definition) is 2. The van der Waals surface area contributed by atoms with Crippen LogP contribution < -0.4 is 5.73 Å². The molecule has 0 saturated carbocycles. The average molecular weight is 212 g/mol. The second-order valence-electron chi connectivity index (χ2n) is 5.53. The summed E-state index contributed by atoms with van der Waals surface area (Å²) in [5.74, 6) is 0.620. The first-order chi connectivity index (χ1) is 7.03. The molecule has 0 aromatic heterocycles. The van der Waals surface area contributed by atoms with E-state index in [9.17, 15) is 0 Å². The van der Waals surface area contributed by atoms with Crippen molar-refractivity contribution in [3.05, 3.63) is 0 Å². The molecule has 2 nitrogen and oxygen atoms in total. The molecule has 2 atom stereocenters. The molecule has 0 bridgehead atoms. The number of nitrogens with two attached hydrogens (primary N) is 1. The molecule has 0 spiro atoms. The average Bonchev–Trinajstić information content (AvgIpc) is 2.62. The van der Waals surface area contributed by atoms with Gasteiger partial charge in [-0.15, -0.1) is 0 Å². The van der Waals surface area contributed by atoms with Gasteiger partial charge in [-0.1, -0.05) is 20.8 Å². The fourth-order valence-electron chi connectivity index (χ4n) is 2.58. The lowest BCUT2D eigenvalue weighted by Gasteiger charge is -2.28. The van der Waals surface area contributed by atoms with Crippen LogP contribution in [0.25, 0.3) is 0 Å². The van der Waals surface area contributed by atoms with Crippen LogP contribution in [0.3, 0.4) is 0 Å². The van der Waals surface area contributed by atoms with Crippen LogP contribution in [-0.2, 0) is 0 Å². The van der Waals surface area contributed by atoms with Gasteiger partial charge >= 0.3 is 0 Å². The van der Waals surface area contributed by atoms with Crippen LogP contribution in [0.5, 0.6) is 0 Å². The molecule has 1 aliphatic rings. The lowest BCUT2D eigenvalue weighted by atomic mass is 9.82. The Bertz CT molecular complexity index is 185. The second kappa shape index (κ2) is 5.31. The highest BCUT2D eigenvalue weighted by Crippen LogP contribution is 2.37. The maximum atomic E-state index is 5.92. The van der Waals surface area contributed by atoms with E-state index in [0.29, 0.717) is 17.4 Å². The normalized spacial score (nSPS) is 25.4. The second-order valence-corrected chi connectivity index (χ2v) is 5.53. The van der Waals surface area contributed by atoms with Crippen LogP contribution in [0, 0.1) is 11.3 Å². The molecule has 2 heteroatoms. The summed E-state index contributed by atoms with van der Waals surface area (Å²) in [5, 5.41) is 0. The van der Waals surface area contributed by atoms with Gasteiger partial charge in [0, 0.05) is 19.1 Å². The van der Waals surface area contributed by atoms with Gasteiger partial charge in [-0.3, -0.25) is 0 Å². The van der Waals surface area contributed by atoms with Gasteiger partial charge in [0.2, 0.25) is 0 Å². The molecule has 1 heterocycles. The van der Waals surface area contributed by atoms with Gasteiger partial charge in [0.15, 0.2) is 0 Å². The lowest BCUT2D eigenvalue weighted by molar-refractivity contribution is 0.215. The first-order valence-corrected chi connectivity index (χ1v) is 6.51. The Morgan fingerprint density at radius 1 is 1.27 bits per heavy atom. The van der Waals surface area contributed by atoms with Crippen LogP contribution in [0.2, 0.25) is 0 Å². The quantitative estimate of drug-likeness (QED) is 0.758. The summed E-state index contributed by atoms with van der Waals surface area (Å²) in [5.41, 5.74) is 6.53. The summed E-state index contributed by atoms with van der Waals surface area (Å²) < 4.78 is 0. The van der Waals surface area contributed by atoms with Crippen LogP contribution in [0.1, 0.15) is 47.0 Å². The van der Waals surface area contributed by atoms with E-state index in [-0.39, 0.29) is 0 Å². The smallest absolute Gasteiger partial charge is 0.00483 e. The predicted octanol–water partition coefficient (Wildman–Crippen LogP) is 2.48. The van der Waals surface area contributed by atoms with Crippen molar-refractivity contribution in [2.75, 3.05) is 19.6 Å². The standard InChI is InChI=1S/C13H28N2/c1-5-13(6-2)7-8-15(10-13)9-11(3)12(4)14/h11-12H,5-10,14H2,1-4H3. The summed E-state index contributed by atoms with van der Waals surface area (Å²) in [6, 6.07) is 0.322. The van der Waals surface area contributed by atoms with Crippen molar-refractivity contribution in [2.45, 2.75) is 53.0 Å². The van der Waals surface area contributed by atoms with E-state index in [1.165, 1.54) is 38.9 Å². The Labute approximate surface area is 95.2 Å². The molecule has 2 N–H and O–H groups in total. The fourth-order valence-corrected chi connectivity index (χ4v) is 2.58. The molecule has 1 fully saturated rings. The third kappa shape index (κ3) is 3.18. The van der Waals surface area contributed by atoms with Gasteiger partial charge in [0.25, 0.3) is 0 Å². The first kappa shape index (κ1) is 13.0. The molecule has 0 amide bonds. The molecule has 90 valence electrons. The third-order valence-electron chi connectivity index (χ3n) is 4.46. The van der Waals surface area contributed by atoms with Crippen LogP contribution >= 0.6 is 0 Å². The van der Waals surface area contributed by atoms with Crippen molar-refractivity contribution in [3.8, 4) is 0 Å². The van der Waals surface area contributed by atoms with Gasteiger partial charge < -0.3 is 10.6 Å². The Morgan fingerprint density at radius 3 is 2.27 bits per heavy atom. The summed E-state index contributed by atoms with van der Waals surface area (Å²) in [6.45, 7) is 12.8. The van der Waals surface area contributed by atoms with Crippen molar-refractivity contribution in [1.29, 1.82) is 0 Å². The molecule has 0 aromatic rings. The maximum Gasteiger partial charge on any atom is 0.00483 e.